The second-order valence-electron chi connectivity index (χ2n) is 7.35. The van der Waals surface area contributed by atoms with Gasteiger partial charge in [0.1, 0.15) is 22.8 Å². The zero-order valence-corrected chi connectivity index (χ0v) is 18.6. The second kappa shape index (κ2) is 9.22. The highest BCUT2D eigenvalue weighted by Crippen LogP contribution is 2.34. The average molecular weight is 441 g/mol. The van der Waals surface area contributed by atoms with E-state index in [1.807, 2.05) is 29.6 Å². The van der Waals surface area contributed by atoms with Crippen LogP contribution < -0.4 is 14.2 Å². The van der Waals surface area contributed by atoms with Gasteiger partial charge < -0.3 is 19.3 Å². The molecular weight excluding hydrogens is 416 g/mol. The van der Waals surface area contributed by atoms with E-state index >= 15 is 0 Å². The summed E-state index contributed by atoms with van der Waals surface area (Å²) in [7, 11) is 2.99. The van der Waals surface area contributed by atoms with Gasteiger partial charge in [0.05, 0.1) is 14.2 Å². The summed E-state index contributed by atoms with van der Waals surface area (Å²) in [4.78, 5) is 25.9. The van der Waals surface area contributed by atoms with Gasteiger partial charge in [-0.05, 0) is 61.2 Å². The van der Waals surface area contributed by atoms with E-state index in [4.69, 9.17) is 14.2 Å². The van der Waals surface area contributed by atoms with Crippen molar-refractivity contribution in [3.8, 4) is 27.7 Å². The van der Waals surface area contributed by atoms with E-state index in [1.165, 1.54) is 28.1 Å². The molecule has 0 aliphatic carbocycles. The van der Waals surface area contributed by atoms with E-state index in [0.29, 0.717) is 28.4 Å². The Bertz CT molecular complexity index is 1060. The van der Waals surface area contributed by atoms with E-state index in [-0.39, 0.29) is 12.2 Å². The molecule has 0 atom stereocenters. The first kappa shape index (κ1) is 22.4. The number of methoxy groups -OCH3 is 2. The minimum absolute atomic E-state index is 0.0129. The van der Waals surface area contributed by atoms with Crippen LogP contribution in [0.4, 0.5) is 0 Å². The summed E-state index contributed by atoms with van der Waals surface area (Å²) < 4.78 is 16.5. The summed E-state index contributed by atoms with van der Waals surface area (Å²) >= 11 is 1.58. The van der Waals surface area contributed by atoms with E-state index in [9.17, 15) is 14.7 Å². The summed E-state index contributed by atoms with van der Waals surface area (Å²) in [6, 6.07) is 14.5. The minimum Gasteiger partial charge on any atom is -0.496 e. The van der Waals surface area contributed by atoms with Crippen molar-refractivity contribution in [2.75, 3.05) is 14.2 Å². The third-order valence-corrected chi connectivity index (χ3v) is 5.72. The van der Waals surface area contributed by atoms with Gasteiger partial charge in [0.25, 0.3) is 0 Å². The molecule has 6 nitrogen and oxygen atoms in total. The number of carboxylic acid groups (broad SMARTS) is 1. The van der Waals surface area contributed by atoms with Crippen molar-refractivity contribution in [1.29, 1.82) is 0 Å². The minimum atomic E-state index is -1.45. The fraction of sp³-hybridized carbons (Fsp3) is 0.250. The molecule has 2 aromatic carbocycles. The molecule has 0 spiro atoms. The van der Waals surface area contributed by atoms with Gasteiger partial charge in [-0.3, -0.25) is 4.79 Å². The Morgan fingerprint density at radius 3 is 2.19 bits per heavy atom. The molecule has 7 heteroatoms. The number of carbonyl (C=O) groups is 2. The fourth-order valence-corrected chi connectivity index (χ4v) is 3.84. The molecule has 0 saturated heterocycles. The number of carbonyl (C=O) groups excluding carboxylic acids is 1. The van der Waals surface area contributed by atoms with E-state index < -0.39 is 11.6 Å². The zero-order chi connectivity index (χ0) is 22.6. The smallest absolute Gasteiger partial charge is 0.347 e. The Morgan fingerprint density at radius 1 is 0.968 bits per heavy atom. The van der Waals surface area contributed by atoms with Crippen molar-refractivity contribution in [1.82, 2.24) is 0 Å². The molecule has 162 valence electrons. The molecule has 1 heterocycles. The Labute approximate surface area is 185 Å². The highest BCUT2D eigenvalue weighted by molar-refractivity contribution is 7.13. The summed E-state index contributed by atoms with van der Waals surface area (Å²) in [6.07, 6.45) is -0.0129. The third-order valence-electron chi connectivity index (χ3n) is 4.80. The fourth-order valence-electron chi connectivity index (χ4n) is 3.12. The SMILES string of the molecule is COc1cccc(OC)c1C(=O)Cc1cc(-c2cccs2)ccc1OC(C)(C)C(=O)O. The van der Waals surface area contributed by atoms with Gasteiger partial charge in [-0.15, -0.1) is 11.3 Å². The van der Waals surface area contributed by atoms with Gasteiger partial charge in [-0.25, -0.2) is 4.79 Å². The molecule has 1 aromatic heterocycles. The molecule has 3 rings (SSSR count). The van der Waals surface area contributed by atoms with Crippen LogP contribution in [0.1, 0.15) is 29.8 Å². The lowest BCUT2D eigenvalue weighted by Crippen LogP contribution is -2.38. The number of rotatable bonds is 9. The molecule has 0 radical (unpaired) electrons. The molecule has 0 aliphatic heterocycles. The third kappa shape index (κ3) is 4.88. The van der Waals surface area contributed by atoms with Gasteiger partial charge >= 0.3 is 5.97 Å². The van der Waals surface area contributed by atoms with Crippen LogP contribution in [0.25, 0.3) is 10.4 Å². The topological polar surface area (TPSA) is 82.1 Å². The second-order valence-corrected chi connectivity index (χ2v) is 8.30. The summed E-state index contributed by atoms with van der Waals surface area (Å²) in [5, 5.41) is 11.4. The van der Waals surface area contributed by atoms with Crippen LogP contribution in [0.2, 0.25) is 0 Å². The van der Waals surface area contributed by atoms with Crippen LogP contribution in [0.3, 0.4) is 0 Å². The van der Waals surface area contributed by atoms with Gasteiger partial charge in [0.2, 0.25) is 0 Å². The summed E-state index contributed by atoms with van der Waals surface area (Å²) in [5.74, 6) is -0.164. The zero-order valence-electron chi connectivity index (χ0n) is 17.8. The van der Waals surface area contributed by atoms with Gasteiger partial charge in [0, 0.05) is 16.9 Å². The standard InChI is InChI=1S/C24H24O6S/c1-24(2,23(26)27)30-18-11-10-15(21-9-6-12-31-21)13-16(18)14-17(25)22-19(28-3)7-5-8-20(22)29-4/h5-13H,14H2,1-4H3,(H,26,27). The van der Waals surface area contributed by atoms with Crippen LogP contribution in [0, 0.1) is 0 Å². The van der Waals surface area contributed by atoms with E-state index in [1.54, 1.807) is 35.6 Å². The van der Waals surface area contributed by atoms with Crippen LogP contribution >= 0.6 is 11.3 Å². The van der Waals surface area contributed by atoms with E-state index in [0.717, 1.165) is 10.4 Å². The Morgan fingerprint density at radius 2 is 1.65 bits per heavy atom. The molecule has 0 amide bonds. The number of ether oxygens (including phenoxy) is 3. The number of hydrogen-bond donors (Lipinski definition) is 1. The lowest BCUT2D eigenvalue weighted by molar-refractivity contribution is -0.152. The van der Waals surface area contributed by atoms with Crippen molar-refractivity contribution in [3.05, 3.63) is 65.0 Å². The molecule has 0 saturated carbocycles. The predicted octanol–water partition coefficient (Wildman–Crippen LogP) is 5.10. The van der Waals surface area contributed by atoms with Crippen LogP contribution in [0.15, 0.2) is 53.9 Å². The Kier molecular flexibility index (Phi) is 6.65. The highest BCUT2D eigenvalue weighted by Gasteiger charge is 2.31. The molecule has 0 aliphatic rings. The van der Waals surface area contributed by atoms with Crippen molar-refractivity contribution in [2.24, 2.45) is 0 Å². The van der Waals surface area contributed by atoms with E-state index in [2.05, 4.69) is 0 Å². The van der Waals surface area contributed by atoms with Crippen molar-refractivity contribution in [3.63, 3.8) is 0 Å². The first-order valence-corrected chi connectivity index (χ1v) is 10.5. The molecule has 3 aromatic rings. The number of aliphatic carboxylic acids is 1. The Hall–Kier alpha value is -3.32. The van der Waals surface area contributed by atoms with Crippen LogP contribution in [-0.4, -0.2) is 36.7 Å². The molecule has 0 bridgehead atoms. The van der Waals surface area contributed by atoms with Crippen molar-refractivity contribution in [2.45, 2.75) is 25.9 Å². The monoisotopic (exact) mass is 440 g/mol. The summed E-state index contributed by atoms with van der Waals surface area (Å²) in [5.41, 5.74) is 0.380. The van der Waals surface area contributed by atoms with Gasteiger partial charge in [-0.2, -0.15) is 0 Å². The van der Waals surface area contributed by atoms with Crippen molar-refractivity contribution >= 4 is 23.1 Å². The molecular formula is C24H24O6S. The van der Waals surface area contributed by atoms with Crippen LogP contribution in [0.5, 0.6) is 17.2 Å². The lowest BCUT2D eigenvalue weighted by Gasteiger charge is -2.24. The molecule has 0 fully saturated rings. The van der Waals surface area contributed by atoms with Gasteiger partial charge in [-0.1, -0.05) is 12.1 Å². The predicted molar refractivity (Wildman–Crippen MR) is 120 cm³/mol. The summed E-state index contributed by atoms with van der Waals surface area (Å²) in [6.45, 7) is 2.94. The number of ketones is 1. The van der Waals surface area contributed by atoms with Crippen molar-refractivity contribution < 1.29 is 28.9 Å². The number of hydrogen-bond acceptors (Lipinski definition) is 6. The maximum absolute atomic E-state index is 13.3. The highest BCUT2D eigenvalue weighted by atomic mass is 32.1. The first-order valence-electron chi connectivity index (χ1n) is 9.60. The maximum Gasteiger partial charge on any atom is 0.347 e. The molecule has 1 N–H and O–H groups in total. The maximum atomic E-state index is 13.3. The number of thiophene rings is 1. The average Bonchev–Trinajstić information content (AvgIpc) is 3.28. The number of benzene rings is 2. The Balaban J connectivity index is 2.05. The first-order chi connectivity index (χ1) is 14.8. The quantitative estimate of drug-likeness (QED) is 0.466. The normalized spacial score (nSPS) is 11.1. The van der Waals surface area contributed by atoms with Crippen LogP contribution in [-0.2, 0) is 11.2 Å². The number of carboxylic acids is 1. The number of Topliss-reactive ketones (excluding diaryl/α,β-unsaturated/α-hetero) is 1. The van der Waals surface area contributed by atoms with Gasteiger partial charge in [0.15, 0.2) is 11.4 Å². The largest absolute Gasteiger partial charge is 0.496 e. The molecule has 31 heavy (non-hydrogen) atoms. The lowest BCUT2D eigenvalue weighted by atomic mass is 9.98. The molecule has 0 unspecified atom stereocenters.